The number of benzene rings is 1. The molecule has 1 fully saturated rings. The van der Waals surface area contributed by atoms with Crippen LogP contribution in [0.4, 0.5) is 0 Å². The highest BCUT2D eigenvalue weighted by Gasteiger charge is 2.28. The van der Waals surface area contributed by atoms with E-state index in [4.69, 9.17) is 11.6 Å². The summed E-state index contributed by atoms with van der Waals surface area (Å²) in [4.78, 5) is 26.7. The maximum absolute atomic E-state index is 12.6. The highest BCUT2D eigenvalue weighted by molar-refractivity contribution is 6.30. The maximum atomic E-state index is 12.6. The first kappa shape index (κ1) is 19.7. The van der Waals surface area contributed by atoms with Crippen LogP contribution in [0.2, 0.25) is 5.02 Å². The Bertz CT molecular complexity index is 577. The fourth-order valence-electron chi connectivity index (χ4n) is 3.05. The zero-order valence-corrected chi connectivity index (χ0v) is 15.5. The fraction of sp³-hybridized carbons (Fsp3) is 0.579. The van der Waals surface area contributed by atoms with E-state index in [1.54, 1.807) is 29.2 Å². The first-order valence-electron chi connectivity index (χ1n) is 9.02. The lowest BCUT2D eigenvalue weighted by molar-refractivity contribution is -0.126. The van der Waals surface area contributed by atoms with Gasteiger partial charge in [-0.05, 0) is 56.4 Å². The second kappa shape index (κ2) is 9.78. The molecular formula is C19H27ClN2O3. The van der Waals surface area contributed by atoms with Crippen molar-refractivity contribution in [1.29, 1.82) is 0 Å². The van der Waals surface area contributed by atoms with Crippen molar-refractivity contribution in [1.82, 2.24) is 10.2 Å². The molecule has 0 radical (unpaired) electrons. The van der Waals surface area contributed by atoms with Crippen LogP contribution in [0.5, 0.6) is 0 Å². The van der Waals surface area contributed by atoms with E-state index in [1.165, 1.54) is 0 Å². The second-order valence-corrected chi connectivity index (χ2v) is 7.03. The Kier molecular flexibility index (Phi) is 7.72. The van der Waals surface area contributed by atoms with Crippen LogP contribution >= 0.6 is 11.6 Å². The molecule has 0 saturated carbocycles. The zero-order valence-electron chi connectivity index (χ0n) is 14.7. The summed E-state index contributed by atoms with van der Waals surface area (Å²) in [6, 6.07) is 6.84. The summed E-state index contributed by atoms with van der Waals surface area (Å²) in [6.45, 7) is 3.63. The van der Waals surface area contributed by atoms with Crippen molar-refractivity contribution in [2.24, 2.45) is 5.92 Å². The Morgan fingerprint density at radius 3 is 2.76 bits per heavy atom. The number of nitrogens with zero attached hydrogens (tertiary/aromatic N) is 1. The van der Waals surface area contributed by atoms with E-state index in [0.717, 1.165) is 25.7 Å². The van der Waals surface area contributed by atoms with Gasteiger partial charge in [0.2, 0.25) is 5.91 Å². The van der Waals surface area contributed by atoms with Gasteiger partial charge in [0.15, 0.2) is 0 Å². The molecule has 2 atom stereocenters. The summed E-state index contributed by atoms with van der Waals surface area (Å²) in [7, 11) is 0. The molecule has 1 aromatic rings. The van der Waals surface area contributed by atoms with E-state index in [-0.39, 0.29) is 23.8 Å². The third-order valence-corrected chi connectivity index (χ3v) is 4.91. The number of aliphatic hydroxyl groups is 1. The molecule has 1 aromatic carbocycles. The molecule has 1 heterocycles. The summed E-state index contributed by atoms with van der Waals surface area (Å²) in [5, 5.41) is 13.1. The highest BCUT2D eigenvalue weighted by atomic mass is 35.5. The summed E-state index contributed by atoms with van der Waals surface area (Å²) < 4.78 is 0. The Balaban J connectivity index is 1.82. The van der Waals surface area contributed by atoms with Crippen LogP contribution in [0, 0.1) is 5.92 Å². The van der Waals surface area contributed by atoms with Crippen LogP contribution in [0.1, 0.15) is 49.4 Å². The smallest absolute Gasteiger partial charge is 0.253 e. The number of amides is 2. The lowest BCUT2D eigenvalue weighted by Crippen LogP contribution is -2.45. The van der Waals surface area contributed by atoms with Gasteiger partial charge in [-0.2, -0.15) is 0 Å². The van der Waals surface area contributed by atoms with Gasteiger partial charge >= 0.3 is 0 Å². The van der Waals surface area contributed by atoms with Crippen molar-refractivity contribution in [3.8, 4) is 0 Å². The minimum Gasteiger partial charge on any atom is -0.393 e. The molecule has 2 amide bonds. The molecule has 2 N–H and O–H groups in total. The number of carbonyl (C=O) groups is 2. The number of aliphatic hydroxyl groups excluding tert-OH is 1. The number of carbonyl (C=O) groups excluding carboxylic acids is 2. The van der Waals surface area contributed by atoms with Crippen molar-refractivity contribution in [2.45, 2.75) is 45.1 Å². The molecule has 0 aromatic heterocycles. The standard InChI is InChI=1S/C19H27ClN2O3/c1-2-17(23)6-3-11-21-18(24)15-5-4-12-22(13-15)19(25)14-7-9-16(20)10-8-14/h7-10,15,17,23H,2-6,11-13H2,1H3,(H,21,24)/t15-,17+/m0/s1. The number of nitrogens with one attached hydrogen (secondary N) is 1. The predicted octanol–water partition coefficient (Wildman–Crippen LogP) is 2.86. The van der Waals surface area contributed by atoms with Crippen LogP contribution < -0.4 is 5.32 Å². The average molecular weight is 367 g/mol. The molecule has 5 nitrogen and oxygen atoms in total. The average Bonchev–Trinajstić information content (AvgIpc) is 2.65. The SMILES string of the molecule is CC[C@@H](O)CCCNC(=O)[C@H]1CCCN(C(=O)c2ccc(Cl)cc2)C1. The number of hydrogen-bond donors (Lipinski definition) is 2. The van der Waals surface area contributed by atoms with Gasteiger partial charge in [0.1, 0.15) is 0 Å². The number of hydrogen-bond acceptors (Lipinski definition) is 3. The van der Waals surface area contributed by atoms with Crippen molar-refractivity contribution in [3.05, 3.63) is 34.9 Å². The molecule has 2 rings (SSSR count). The normalized spacial score (nSPS) is 18.7. The van der Waals surface area contributed by atoms with E-state index in [0.29, 0.717) is 36.6 Å². The van der Waals surface area contributed by atoms with Gasteiger partial charge < -0.3 is 15.3 Å². The molecule has 6 heteroatoms. The topological polar surface area (TPSA) is 69.6 Å². The number of piperidine rings is 1. The second-order valence-electron chi connectivity index (χ2n) is 6.59. The lowest BCUT2D eigenvalue weighted by Gasteiger charge is -2.32. The third-order valence-electron chi connectivity index (χ3n) is 4.66. The molecule has 1 aliphatic heterocycles. The summed E-state index contributed by atoms with van der Waals surface area (Å²) in [5.41, 5.74) is 0.596. The molecule has 1 saturated heterocycles. The first-order valence-corrected chi connectivity index (χ1v) is 9.39. The summed E-state index contributed by atoms with van der Waals surface area (Å²) >= 11 is 5.86. The first-order chi connectivity index (χ1) is 12.0. The van der Waals surface area contributed by atoms with Gasteiger partial charge in [0.25, 0.3) is 5.91 Å². The Labute approximate surface area is 154 Å². The highest BCUT2D eigenvalue weighted by Crippen LogP contribution is 2.20. The van der Waals surface area contributed by atoms with Gasteiger partial charge in [0, 0.05) is 30.2 Å². The van der Waals surface area contributed by atoms with Crippen molar-refractivity contribution in [3.63, 3.8) is 0 Å². The molecule has 138 valence electrons. The van der Waals surface area contributed by atoms with E-state index >= 15 is 0 Å². The molecule has 0 spiro atoms. The largest absolute Gasteiger partial charge is 0.393 e. The molecular weight excluding hydrogens is 340 g/mol. The van der Waals surface area contributed by atoms with E-state index in [9.17, 15) is 14.7 Å². The van der Waals surface area contributed by atoms with Gasteiger partial charge in [-0.25, -0.2) is 0 Å². The molecule has 0 unspecified atom stereocenters. The molecule has 0 aliphatic carbocycles. The van der Waals surface area contributed by atoms with Crippen molar-refractivity contribution < 1.29 is 14.7 Å². The number of likely N-dealkylation sites (tertiary alicyclic amines) is 1. The quantitative estimate of drug-likeness (QED) is 0.729. The minimum atomic E-state index is -0.293. The van der Waals surface area contributed by atoms with Crippen LogP contribution in [0.3, 0.4) is 0 Å². The predicted molar refractivity (Wildman–Crippen MR) is 98.6 cm³/mol. The van der Waals surface area contributed by atoms with Gasteiger partial charge in [-0.3, -0.25) is 9.59 Å². The fourth-order valence-corrected chi connectivity index (χ4v) is 3.17. The monoisotopic (exact) mass is 366 g/mol. The van der Waals surface area contributed by atoms with E-state index < -0.39 is 0 Å². The molecule has 25 heavy (non-hydrogen) atoms. The Morgan fingerprint density at radius 2 is 2.08 bits per heavy atom. The zero-order chi connectivity index (χ0) is 18.2. The van der Waals surface area contributed by atoms with Gasteiger partial charge in [-0.15, -0.1) is 0 Å². The minimum absolute atomic E-state index is 0.000376. The Morgan fingerprint density at radius 1 is 1.36 bits per heavy atom. The van der Waals surface area contributed by atoms with Crippen LogP contribution in [0.25, 0.3) is 0 Å². The molecule has 0 bridgehead atoms. The number of rotatable bonds is 7. The van der Waals surface area contributed by atoms with Crippen LogP contribution in [-0.4, -0.2) is 47.6 Å². The van der Waals surface area contributed by atoms with E-state index in [2.05, 4.69) is 5.32 Å². The van der Waals surface area contributed by atoms with Crippen molar-refractivity contribution in [2.75, 3.05) is 19.6 Å². The molecule has 1 aliphatic rings. The Hall–Kier alpha value is -1.59. The summed E-state index contributed by atoms with van der Waals surface area (Å²) in [5.74, 6) is -0.221. The van der Waals surface area contributed by atoms with Crippen molar-refractivity contribution >= 4 is 23.4 Å². The van der Waals surface area contributed by atoms with Gasteiger partial charge in [0.05, 0.1) is 12.0 Å². The summed E-state index contributed by atoms with van der Waals surface area (Å²) in [6.07, 6.45) is 3.53. The van der Waals surface area contributed by atoms with Gasteiger partial charge in [-0.1, -0.05) is 18.5 Å². The lowest BCUT2D eigenvalue weighted by atomic mass is 9.96. The van der Waals surface area contributed by atoms with E-state index in [1.807, 2.05) is 6.92 Å². The van der Waals surface area contributed by atoms with Crippen LogP contribution in [-0.2, 0) is 4.79 Å². The third kappa shape index (κ3) is 6.01. The number of halogens is 1. The van der Waals surface area contributed by atoms with Crippen LogP contribution in [0.15, 0.2) is 24.3 Å². The maximum Gasteiger partial charge on any atom is 0.253 e.